The van der Waals surface area contributed by atoms with Crippen LogP contribution in [0.25, 0.3) is 0 Å². The Morgan fingerprint density at radius 3 is 2.20 bits per heavy atom. The minimum Gasteiger partial charge on any atom is -0.411 e. The van der Waals surface area contributed by atoms with Gasteiger partial charge >= 0.3 is 0 Å². The van der Waals surface area contributed by atoms with Crippen molar-refractivity contribution in [3.8, 4) is 0 Å². The second-order valence-corrected chi connectivity index (χ2v) is 1.17. The molecule has 2 nitrogen and oxygen atoms in total. The molecule has 1 N–H and O–H groups in total. The molecule has 1 saturated carbocycles. The summed E-state index contributed by atoms with van der Waals surface area (Å²) in [7, 11) is 0. The summed E-state index contributed by atoms with van der Waals surface area (Å²) in [5, 5.41) is 10.7. The molecule has 2 heteroatoms. The highest BCUT2D eigenvalue weighted by Crippen LogP contribution is 2.11. The van der Waals surface area contributed by atoms with E-state index < -0.39 is 0 Å². The van der Waals surface area contributed by atoms with Gasteiger partial charge < -0.3 is 5.21 Å². The molecule has 0 heterocycles. The van der Waals surface area contributed by atoms with Gasteiger partial charge in [0.15, 0.2) is 0 Å². The van der Waals surface area contributed by atoms with Gasteiger partial charge in [-0.3, -0.25) is 0 Å². The molecule has 1 rings (SSSR count). The fraction of sp³-hybridized carbons (Fsp3) is 0.667. The molecule has 0 aromatic rings. The van der Waals surface area contributed by atoms with Gasteiger partial charge in [0.1, 0.15) is 0 Å². The Hall–Kier alpha value is -0.530. The SMILES string of the molecule is ON=C1CC1. The summed E-state index contributed by atoms with van der Waals surface area (Å²) >= 11 is 0. The number of oxime groups is 1. The van der Waals surface area contributed by atoms with Crippen LogP contribution in [0, 0.1) is 0 Å². The van der Waals surface area contributed by atoms with Gasteiger partial charge in [0.25, 0.3) is 0 Å². The smallest absolute Gasteiger partial charge is 0.0578 e. The molecule has 1 aliphatic carbocycles. The lowest BCUT2D eigenvalue weighted by atomic mass is 10.9. The third-order valence-corrected chi connectivity index (χ3v) is 0.615. The first-order valence-electron chi connectivity index (χ1n) is 1.63. The molecule has 1 fully saturated rings. The standard InChI is InChI=1S/C3H5NO/c5-4-3-1-2-3/h5H,1-2H2. The van der Waals surface area contributed by atoms with Gasteiger partial charge in [-0.2, -0.15) is 0 Å². The topological polar surface area (TPSA) is 32.6 Å². The van der Waals surface area contributed by atoms with Crippen molar-refractivity contribution in [1.29, 1.82) is 0 Å². The van der Waals surface area contributed by atoms with Crippen molar-refractivity contribution in [3.63, 3.8) is 0 Å². The van der Waals surface area contributed by atoms with Gasteiger partial charge in [-0.25, -0.2) is 0 Å². The van der Waals surface area contributed by atoms with Crippen molar-refractivity contribution in [2.75, 3.05) is 0 Å². The molecule has 0 atom stereocenters. The molecule has 1 aliphatic rings. The Balaban J connectivity index is 2.46. The van der Waals surface area contributed by atoms with Crippen molar-refractivity contribution < 1.29 is 5.21 Å². The molecule has 0 aromatic carbocycles. The van der Waals surface area contributed by atoms with Crippen molar-refractivity contribution in [3.05, 3.63) is 0 Å². The van der Waals surface area contributed by atoms with Crippen LogP contribution >= 0.6 is 0 Å². The zero-order valence-corrected chi connectivity index (χ0v) is 2.81. The van der Waals surface area contributed by atoms with Gasteiger partial charge in [0, 0.05) is 0 Å². The van der Waals surface area contributed by atoms with E-state index >= 15 is 0 Å². The maximum atomic E-state index is 7.79. The van der Waals surface area contributed by atoms with E-state index in [4.69, 9.17) is 5.21 Å². The predicted octanol–water partition coefficient (Wildman–Crippen LogP) is 0.610. The van der Waals surface area contributed by atoms with Crippen LogP contribution in [-0.4, -0.2) is 10.9 Å². The Labute approximate surface area is 30.1 Å². The zero-order chi connectivity index (χ0) is 3.70. The largest absolute Gasteiger partial charge is 0.411 e. The van der Waals surface area contributed by atoms with Crippen molar-refractivity contribution >= 4 is 5.71 Å². The number of hydrogen-bond donors (Lipinski definition) is 1. The van der Waals surface area contributed by atoms with Crippen LogP contribution in [0.1, 0.15) is 12.8 Å². The highest BCUT2D eigenvalue weighted by Gasteiger charge is 2.12. The van der Waals surface area contributed by atoms with E-state index in [2.05, 4.69) is 5.16 Å². The third kappa shape index (κ3) is 0.375. The number of nitrogens with zero attached hydrogens (tertiary/aromatic N) is 1. The molecule has 5 heavy (non-hydrogen) atoms. The second-order valence-electron chi connectivity index (χ2n) is 1.17. The molecule has 0 saturated heterocycles. The fourth-order valence-electron chi connectivity index (χ4n) is 0.156. The summed E-state index contributed by atoms with van der Waals surface area (Å²) in [5.41, 5.74) is 0.935. The molecular weight excluding hydrogens is 66.0 g/mol. The normalized spacial score (nSPS) is 18.8. The number of hydrogen-bond acceptors (Lipinski definition) is 2. The van der Waals surface area contributed by atoms with Crippen LogP contribution < -0.4 is 0 Å². The third-order valence-electron chi connectivity index (χ3n) is 0.615. The van der Waals surface area contributed by atoms with Gasteiger partial charge in [-0.1, -0.05) is 5.16 Å². The molecule has 0 amide bonds. The summed E-state index contributed by atoms with van der Waals surface area (Å²) in [4.78, 5) is 0. The van der Waals surface area contributed by atoms with E-state index in [1.54, 1.807) is 0 Å². The summed E-state index contributed by atoms with van der Waals surface area (Å²) < 4.78 is 0. The molecule has 0 aromatic heterocycles. The first kappa shape index (κ1) is 2.69. The maximum Gasteiger partial charge on any atom is 0.0578 e. The van der Waals surface area contributed by atoms with Gasteiger partial charge in [-0.05, 0) is 12.8 Å². The van der Waals surface area contributed by atoms with E-state index in [1.807, 2.05) is 0 Å². The summed E-state index contributed by atoms with van der Waals surface area (Å²) in [5.74, 6) is 0. The first-order valence-corrected chi connectivity index (χ1v) is 1.63. The van der Waals surface area contributed by atoms with Gasteiger partial charge in [0.05, 0.1) is 5.71 Å². The number of rotatable bonds is 0. The second kappa shape index (κ2) is 0.708. The summed E-state index contributed by atoms with van der Waals surface area (Å²) in [6, 6.07) is 0. The van der Waals surface area contributed by atoms with E-state index in [1.165, 1.54) is 0 Å². The van der Waals surface area contributed by atoms with Crippen molar-refractivity contribution in [1.82, 2.24) is 0 Å². The minimum atomic E-state index is 0.935. The highest BCUT2D eigenvalue weighted by molar-refractivity contribution is 5.97. The van der Waals surface area contributed by atoms with E-state index in [0.29, 0.717) is 0 Å². The van der Waals surface area contributed by atoms with E-state index in [-0.39, 0.29) is 0 Å². The van der Waals surface area contributed by atoms with Crippen LogP contribution in [0.5, 0.6) is 0 Å². The fourth-order valence-corrected chi connectivity index (χ4v) is 0.156. The Kier molecular flexibility index (Phi) is 0.381. The lowest BCUT2D eigenvalue weighted by Crippen LogP contribution is -1.55. The minimum absolute atomic E-state index is 0.935. The zero-order valence-electron chi connectivity index (χ0n) is 2.81. The molecule has 28 valence electrons. The molecular formula is C3H5NO. The molecule has 0 aliphatic heterocycles. The van der Waals surface area contributed by atoms with Crippen molar-refractivity contribution in [2.24, 2.45) is 5.16 Å². The Morgan fingerprint density at radius 1 is 1.60 bits per heavy atom. The molecule has 0 bridgehead atoms. The molecule has 0 radical (unpaired) electrons. The maximum absolute atomic E-state index is 7.79. The quantitative estimate of drug-likeness (QED) is 0.329. The van der Waals surface area contributed by atoms with E-state index in [0.717, 1.165) is 18.6 Å². The van der Waals surface area contributed by atoms with Crippen LogP contribution in [0.3, 0.4) is 0 Å². The highest BCUT2D eigenvalue weighted by atomic mass is 16.4. The summed E-state index contributed by atoms with van der Waals surface area (Å²) in [6.45, 7) is 0. The Bertz CT molecular complexity index is 61.3. The van der Waals surface area contributed by atoms with Crippen LogP contribution in [0.4, 0.5) is 0 Å². The molecule has 0 spiro atoms. The average Bonchev–Trinajstić information content (AvgIpc) is 2.12. The average molecular weight is 71.1 g/mol. The summed E-state index contributed by atoms with van der Waals surface area (Å²) in [6.07, 6.45) is 2.02. The van der Waals surface area contributed by atoms with Gasteiger partial charge in [0.2, 0.25) is 0 Å². The lowest BCUT2D eigenvalue weighted by Gasteiger charge is -1.56. The lowest BCUT2D eigenvalue weighted by molar-refractivity contribution is 0.320. The Morgan fingerprint density at radius 2 is 2.20 bits per heavy atom. The van der Waals surface area contributed by atoms with Crippen molar-refractivity contribution in [2.45, 2.75) is 12.8 Å². The first-order chi connectivity index (χ1) is 2.43. The monoisotopic (exact) mass is 71.0 g/mol. The van der Waals surface area contributed by atoms with E-state index in [9.17, 15) is 0 Å². The van der Waals surface area contributed by atoms with Gasteiger partial charge in [-0.15, -0.1) is 0 Å². The molecule has 0 unspecified atom stereocenters. The van der Waals surface area contributed by atoms with Crippen LogP contribution in [0.2, 0.25) is 0 Å². The predicted molar refractivity (Wildman–Crippen MR) is 18.5 cm³/mol. The van der Waals surface area contributed by atoms with Crippen LogP contribution in [-0.2, 0) is 0 Å². The van der Waals surface area contributed by atoms with Crippen LogP contribution in [0.15, 0.2) is 5.16 Å².